The van der Waals surface area contributed by atoms with Crippen LogP contribution in [0.3, 0.4) is 0 Å². The molecule has 0 spiro atoms. The normalized spacial score (nSPS) is 26.0. The van der Waals surface area contributed by atoms with Gasteiger partial charge in [0, 0.05) is 6.42 Å². The lowest BCUT2D eigenvalue weighted by Crippen LogP contribution is -2.66. The van der Waals surface area contributed by atoms with Crippen LogP contribution in [0.4, 0.5) is 0 Å². The van der Waals surface area contributed by atoms with Crippen LogP contribution in [-0.4, -0.2) is 193 Å². The van der Waals surface area contributed by atoms with Gasteiger partial charge < -0.3 is 89.9 Å². The molecule has 0 aromatic carbocycles. The summed E-state index contributed by atoms with van der Waals surface area (Å²) in [6.07, 6.45) is 59.5. The molecule has 3 fully saturated rings. The van der Waals surface area contributed by atoms with Crippen molar-refractivity contribution >= 4 is 5.91 Å². The molecule has 0 saturated carbocycles. The molecule has 19 heteroatoms. The molecule has 3 aliphatic rings. The lowest BCUT2D eigenvalue weighted by Gasteiger charge is -2.48. The highest BCUT2D eigenvalue weighted by molar-refractivity contribution is 5.76. The lowest BCUT2D eigenvalue weighted by atomic mass is 9.96. The van der Waals surface area contributed by atoms with Crippen molar-refractivity contribution < 1.29 is 89.4 Å². The van der Waals surface area contributed by atoms with E-state index in [0.29, 0.717) is 12.8 Å². The second-order valence-corrected chi connectivity index (χ2v) is 30.6. The molecule has 17 unspecified atom stereocenters. The zero-order valence-electron chi connectivity index (χ0n) is 66.0. The van der Waals surface area contributed by atoms with Crippen LogP contribution in [0, 0.1) is 0 Å². The number of ether oxygens (including phenoxy) is 6. The number of hydrogen-bond donors (Lipinski definition) is 12. The summed E-state index contributed by atoms with van der Waals surface area (Å²) in [5, 5.41) is 121. The van der Waals surface area contributed by atoms with Crippen molar-refractivity contribution in [1.29, 1.82) is 0 Å². The zero-order chi connectivity index (χ0) is 76.0. The molecule has 0 aliphatic carbocycles. The third kappa shape index (κ3) is 45.6. The zero-order valence-corrected chi connectivity index (χ0v) is 66.0. The Balaban J connectivity index is 1.31. The molecule has 0 aromatic heterocycles. The molecule has 0 radical (unpaired) electrons. The summed E-state index contributed by atoms with van der Waals surface area (Å²) in [4.78, 5) is 13.5. The predicted molar refractivity (Wildman–Crippen MR) is 420 cm³/mol. The maximum atomic E-state index is 13.5. The molecule has 3 aliphatic heterocycles. The maximum absolute atomic E-state index is 13.5. The Labute approximate surface area is 636 Å². The highest BCUT2D eigenvalue weighted by Gasteiger charge is 2.54. The van der Waals surface area contributed by atoms with Crippen molar-refractivity contribution in [3.63, 3.8) is 0 Å². The van der Waals surface area contributed by atoms with E-state index >= 15 is 0 Å². The standard InChI is InChI=1S/C86H157NO18/c1-3-5-7-9-11-13-15-17-19-21-23-25-26-27-28-29-30-31-32-33-34-35-36-37-38-39-40-41-42-44-46-48-50-52-54-56-58-60-62-64-74(92)87-69(70(91)63-61-59-57-55-53-51-49-47-45-43-24-22-20-18-16-14-12-10-8-6-4-2)68-100-84-80(98)77(95)82(72(66-89)102-84)105-86-81(99)78(96)83(73(67-90)103-86)104-85-79(97)76(94)75(93)71(65-88)101-85/h15,17,21,23,45,47,53,55,61,63,69-73,75-86,88-91,93-99H,3-14,16,18-20,22,24-44,46,48-52,54,56-60,62,64-68H2,1-2H3,(H,87,92)/b17-15-,23-21-,47-45+,55-53+,63-61+. The first-order chi connectivity index (χ1) is 51.3. The van der Waals surface area contributed by atoms with E-state index in [-0.39, 0.29) is 18.9 Å². The smallest absolute Gasteiger partial charge is 0.220 e. The molecule has 19 nitrogen and oxygen atoms in total. The van der Waals surface area contributed by atoms with E-state index in [9.17, 15) is 61.0 Å². The number of hydrogen-bond acceptors (Lipinski definition) is 18. The Morgan fingerprint density at radius 3 is 1.01 bits per heavy atom. The van der Waals surface area contributed by atoms with E-state index in [1.807, 2.05) is 6.08 Å². The van der Waals surface area contributed by atoms with Crippen molar-refractivity contribution in [2.24, 2.45) is 0 Å². The van der Waals surface area contributed by atoms with Crippen LogP contribution in [0.25, 0.3) is 0 Å². The fourth-order valence-electron chi connectivity index (χ4n) is 14.4. The number of carbonyl (C=O) groups is 1. The quantitative estimate of drug-likeness (QED) is 0.0199. The summed E-state index contributed by atoms with van der Waals surface area (Å²) in [5.41, 5.74) is 0. The van der Waals surface area contributed by atoms with Crippen molar-refractivity contribution in [3.8, 4) is 0 Å². The summed E-state index contributed by atoms with van der Waals surface area (Å²) < 4.78 is 34.4. The molecule has 12 N–H and O–H groups in total. The van der Waals surface area contributed by atoms with Crippen molar-refractivity contribution in [3.05, 3.63) is 60.8 Å². The van der Waals surface area contributed by atoms with Gasteiger partial charge in [0.25, 0.3) is 0 Å². The van der Waals surface area contributed by atoms with Gasteiger partial charge in [0.2, 0.25) is 5.91 Å². The predicted octanol–water partition coefficient (Wildman–Crippen LogP) is 15.4. The molecule has 0 bridgehead atoms. The first kappa shape index (κ1) is 96.7. The molecule has 3 heterocycles. The molecule has 3 rings (SSSR count). The number of allylic oxidation sites excluding steroid dienone is 9. The summed E-state index contributed by atoms with van der Waals surface area (Å²) >= 11 is 0. The van der Waals surface area contributed by atoms with Crippen molar-refractivity contribution in [2.45, 2.75) is 452 Å². The van der Waals surface area contributed by atoms with E-state index in [0.717, 1.165) is 51.4 Å². The Morgan fingerprint density at radius 1 is 0.343 bits per heavy atom. The molecule has 0 aromatic rings. The molecule has 105 heavy (non-hydrogen) atoms. The second kappa shape index (κ2) is 66.1. The largest absolute Gasteiger partial charge is 0.394 e. The number of aliphatic hydroxyl groups excluding tert-OH is 11. The Hall–Kier alpha value is -2.51. The van der Waals surface area contributed by atoms with Gasteiger partial charge in [0.1, 0.15) is 73.2 Å². The lowest BCUT2D eigenvalue weighted by molar-refractivity contribution is -0.379. The van der Waals surface area contributed by atoms with Gasteiger partial charge in [0.05, 0.1) is 38.6 Å². The average Bonchev–Trinajstić information content (AvgIpc) is 0.780. The van der Waals surface area contributed by atoms with Crippen LogP contribution in [0.1, 0.15) is 348 Å². The topological polar surface area (TPSA) is 307 Å². The summed E-state index contributed by atoms with van der Waals surface area (Å²) in [6.45, 7) is 1.74. The molecule has 1 amide bonds. The van der Waals surface area contributed by atoms with Gasteiger partial charge in [-0.15, -0.1) is 0 Å². The van der Waals surface area contributed by atoms with Gasteiger partial charge in [-0.3, -0.25) is 4.79 Å². The van der Waals surface area contributed by atoms with Gasteiger partial charge >= 0.3 is 0 Å². The van der Waals surface area contributed by atoms with E-state index < -0.39 is 124 Å². The minimum Gasteiger partial charge on any atom is -0.394 e. The fourth-order valence-corrected chi connectivity index (χ4v) is 14.4. The van der Waals surface area contributed by atoms with Gasteiger partial charge in [-0.05, 0) is 77.0 Å². The van der Waals surface area contributed by atoms with Crippen LogP contribution >= 0.6 is 0 Å². The average molecular weight is 1490 g/mol. The Morgan fingerprint density at radius 2 is 0.638 bits per heavy atom. The molecular formula is C86H157NO18. The first-order valence-electron chi connectivity index (χ1n) is 43.0. The highest BCUT2D eigenvalue weighted by Crippen LogP contribution is 2.33. The summed E-state index contributed by atoms with van der Waals surface area (Å²) in [6, 6.07) is -0.998. The minimum absolute atomic E-state index is 0.235. The molecule has 614 valence electrons. The van der Waals surface area contributed by atoms with Crippen molar-refractivity contribution in [2.75, 3.05) is 26.4 Å². The number of amides is 1. The first-order valence-corrected chi connectivity index (χ1v) is 43.0. The third-order valence-corrected chi connectivity index (χ3v) is 21.3. The van der Waals surface area contributed by atoms with Crippen molar-refractivity contribution in [1.82, 2.24) is 5.32 Å². The second-order valence-electron chi connectivity index (χ2n) is 30.6. The van der Waals surface area contributed by atoms with Crippen LogP contribution in [0.2, 0.25) is 0 Å². The highest BCUT2D eigenvalue weighted by atomic mass is 16.8. The van der Waals surface area contributed by atoms with Crippen LogP contribution in [0.5, 0.6) is 0 Å². The van der Waals surface area contributed by atoms with E-state index in [4.69, 9.17) is 28.4 Å². The van der Waals surface area contributed by atoms with Crippen LogP contribution in [-0.2, 0) is 33.2 Å². The monoisotopic (exact) mass is 1490 g/mol. The maximum Gasteiger partial charge on any atom is 0.220 e. The number of aliphatic hydroxyl groups is 11. The van der Waals surface area contributed by atoms with E-state index in [1.165, 1.54) is 263 Å². The molecule has 3 saturated heterocycles. The van der Waals surface area contributed by atoms with Crippen LogP contribution < -0.4 is 5.32 Å². The SMILES string of the molecule is CCCCCCC/C=C\C/C=C\CCCCCCCCCCCCCCCCCCCCCCCCCCCCCC(=O)NC(COC1OC(CO)C(OC2OC(CO)C(OC3OC(CO)C(O)C(O)C3O)C(O)C2O)C(O)C1O)C(O)/C=C/CC/C=C/CC/C=C/CCCCCCCCCCCCC. The van der Waals surface area contributed by atoms with E-state index in [1.54, 1.807) is 6.08 Å². The number of unbranched alkanes of at least 4 members (excludes halogenated alkanes) is 45. The Kier molecular flexibility index (Phi) is 60.9. The Bertz CT molecular complexity index is 2130. The van der Waals surface area contributed by atoms with Gasteiger partial charge in [0.15, 0.2) is 18.9 Å². The van der Waals surface area contributed by atoms with Gasteiger partial charge in [-0.1, -0.05) is 325 Å². The molecular weight excluding hydrogens is 1330 g/mol. The van der Waals surface area contributed by atoms with E-state index in [2.05, 4.69) is 67.8 Å². The molecule has 17 atom stereocenters. The number of carbonyl (C=O) groups excluding carboxylic acids is 1. The minimum atomic E-state index is -1.98. The number of nitrogens with one attached hydrogen (secondary N) is 1. The number of rotatable bonds is 69. The fraction of sp³-hybridized carbons (Fsp3) is 0.872. The van der Waals surface area contributed by atoms with Crippen LogP contribution in [0.15, 0.2) is 60.8 Å². The summed E-state index contributed by atoms with van der Waals surface area (Å²) in [5.74, 6) is -0.284. The third-order valence-electron chi connectivity index (χ3n) is 21.3. The summed E-state index contributed by atoms with van der Waals surface area (Å²) in [7, 11) is 0. The van der Waals surface area contributed by atoms with Gasteiger partial charge in [-0.25, -0.2) is 0 Å². The van der Waals surface area contributed by atoms with Gasteiger partial charge in [-0.2, -0.15) is 0 Å².